The van der Waals surface area contributed by atoms with Crippen LogP contribution in [0, 0.1) is 5.41 Å². The van der Waals surface area contributed by atoms with Gasteiger partial charge in [-0.1, -0.05) is 0 Å². The van der Waals surface area contributed by atoms with Gasteiger partial charge in [-0.2, -0.15) is 13.2 Å². The fourth-order valence-corrected chi connectivity index (χ4v) is 1.88. The maximum Gasteiger partial charge on any atom is 0.406 e. The minimum atomic E-state index is -4.84. The van der Waals surface area contributed by atoms with Gasteiger partial charge in [-0.3, -0.25) is 14.5 Å². The fourth-order valence-electron chi connectivity index (χ4n) is 1.88. The van der Waals surface area contributed by atoms with Gasteiger partial charge in [0.25, 0.3) is 0 Å². The van der Waals surface area contributed by atoms with Crippen molar-refractivity contribution >= 4 is 11.9 Å². The monoisotopic (exact) mass is 254 g/mol. The van der Waals surface area contributed by atoms with E-state index in [-0.39, 0.29) is 6.54 Å². The van der Waals surface area contributed by atoms with E-state index in [2.05, 4.69) is 0 Å². The number of carboxylic acid groups (broad SMARTS) is 1. The third kappa shape index (κ3) is 2.21. The zero-order valence-corrected chi connectivity index (χ0v) is 9.12. The van der Waals surface area contributed by atoms with Crippen molar-refractivity contribution < 1.29 is 27.9 Å². The molecule has 1 fully saturated rings. The first-order chi connectivity index (χ1) is 7.62. The molecule has 0 spiro atoms. The minimum Gasteiger partial charge on any atom is -0.481 e. The summed E-state index contributed by atoms with van der Waals surface area (Å²) in [5.74, 6) is -2.68. The molecule has 0 aromatic carbocycles. The van der Waals surface area contributed by atoms with Crippen LogP contribution in [0.3, 0.4) is 0 Å². The molecule has 1 rings (SSSR count). The molecule has 1 aliphatic rings. The maximum atomic E-state index is 12.8. The Bertz CT molecular complexity index is 345. The highest BCUT2D eigenvalue weighted by atomic mass is 19.4. The number of amides is 1. The van der Waals surface area contributed by atoms with Gasteiger partial charge in [0, 0.05) is 13.1 Å². The van der Waals surface area contributed by atoms with Crippen LogP contribution in [0.15, 0.2) is 0 Å². The zero-order chi connectivity index (χ0) is 13.4. The number of aliphatic carboxylic acids is 1. The van der Waals surface area contributed by atoms with Crippen molar-refractivity contribution in [1.82, 2.24) is 4.90 Å². The number of primary amides is 1. The van der Waals surface area contributed by atoms with Crippen molar-refractivity contribution in [2.24, 2.45) is 11.1 Å². The topological polar surface area (TPSA) is 83.6 Å². The van der Waals surface area contributed by atoms with Crippen LogP contribution in [0.4, 0.5) is 13.2 Å². The Morgan fingerprint density at radius 3 is 2.29 bits per heavy atom. The molecule has 2 atom stereocenters. The molecule has 98 valence electrons. The van der Waals surface area contributed by atoms with Crippen LogP contribution in [0.1, 0.15) is 13.3 Å². The number of carbonyl (C=O) groups is 2. The molecule has 17 heavy (non-hydrogen) atoms. The Labute approximate surface area is 95.4 Å². The van der Waals surface area contributed by atoms with E-state index in [1.807, 2.05) is 0 Å². The van der Waals surface area contributed by atoms with Gasteiger partial charge in [-0.05, 0) is 13.3 Å². The SMILES string of the molecule is CC(C(N)=O)N1CCC(C(=O)O)(C(F)(F)F)C1. The molecule has 1 saturated heterocycles. The van der Waals surface area contributed by atoms with Gasteiger partial charge >= 0.3 is 12.1 Å². The van der Waals surface area contributed by atoms with Crippen molar-refractivity contribution in [2.75, 3.05) is 13.1 Å². The summed E-state index contributed by atoms with van der Waals surface area (Å²) < 4.78 is 38.3. The Balaban J connectivity index is 2.95. The Morgan fingerprint density at radius 1 is 1.47 bits per heavy atom. The number of carbonyl (C=O) groups excluding carboxylic acids is 1. The average Bonchev–Trinajstić information content (AvgIpc) is 2.60. The molecule has 0 aliphatic carbocycles. The molecule has 1 heterocycles. The standard InChI is InChI=1S/C9H13F3N2O3/c1-5(6(13)15)14-3-2-8(4-14,7(16)17)9(10,11)12/h5H,2-4H2,1H3,(H2,13,15)(H,16,17). The van der Waals surface area contributed by atoms with Crippen LogP contribution >= 0.6 is 0 Å². The molecule has 1 aliphatic heterocycles. The summed E-state index contributed by atoms with van der Waals surface area (Å²) in [6, 6.07) is -0.904. The van der Waals surface area contributed by atoms with E-state index in [9.17, 15) is 22.8 Å². The predicted molar refractivity (Wildman–Crippen MR) is 51.0 cm³/mol. The van der Waals surface area contributed by atoms with E-state index < -0.39 is 42.5 Å². The lowest BCUT2D eigenvalue weighted by atomic mass is 9.86. The van der Waals surface area contributed by atoms with E-state index in [1.165, 1.54) is 6.92 Å². The van der Waals surface area contributed by atoms with Crippen molar-refractivity contribution in [1.29, 1.82) is 0 Å². The first-order valence-corrected chi connectivity index (χ1v) is 4.95. The molecule has 2 unspecified atom stereocenters. The lowest BCUT2D eigenvalue weighted by molar-refractivity contribution is -0.227. The molecule has 3 N–H and O–H groups in total. The fraction of sp³-hybridized carbons (Fsp3) is 0.778. The Kier molecular flexibility index (Phi) is 3.37. The molecule has 0 aromatic rings. The first-order valence-electron chi connectivity index (χ1n) is 4.95. The number of nitrogens with zero attached hydrogens (tertiary/aromatic N) is 1. The largest absolute Gasteiger partial charge is 0.481 e. The third-order valence-electron chi connectivity index (χ3n) is 3.21. The molecular weight excluding hydrogens is 241 g/mol. The highest BCUT2D eigenvalue weighted by Gasteiger charge is 2.64. The molecule has 0 aromatic heterocycles. The van der Waals surface area contributed by atoms with Crippen molar-refractivity contribution in [2.45, 2.75) is 25.6 Å². The third-order valence-corrected chi connectivity index (χ3v) is 3.21. The second-order valence-corrected chi connectivity index (χ2v) is 4.18. The normalized spacial score (nSPS) is 28.0. The van der Waals surface area contributed by atoms with Gasteiger partial charge in [0.1, 0.15) is 0 Å². The number of rotatable bonds is 3. The lowest BCUT2D eigenvalue weighted by Crippen LogP contribution is -2.49. The van der Waals surface area contributed by atoms with Gasteiger partial charge in [0.05, 0.1) is 6.04 Å². The summed E-state index contributed by atoms with van der Waals surface area (Å²) >= 11 is 0. The molecule has 0 radical (unpaired) electrons. The maximum absolute atomic E-state index is 12.8. The number of hydrogen-bond acceptors (Lipinski definition) is 3. The molecular formula is C9H13F3N2O3. The molecule has 8 heteroatoms. The van der Waals surface area contributed by atoms with Crippen molar-refractivity contribution in [3.05, 3.63) is 0 Å². The molecule has 1 amide bonds. The predicted octanol–water partition coefficient (Wildman–Crippen LogP) is 0.199. The summed E-state index contributed by atoms with van der Waals surface area (Å²) in [5, 5.41) is 8.77. The number of alkyl halides is 3. The quantitative estimate of drug-likeness (QED) is 0.753. The highest BCUT2D eigenvalue weighted by Crippen LogP contribution is 2.46. The lowest BCUT2D eigenvalue weighted by Gasteiger charge is -2.28. The molecule has 5 nitrogen and oxygen atoms in total. The summed E-state index contributed by atoms with van der Waals surface area (Å²) in [5.41, 5.74) is 2.19. The second kappa shape index (κ2) is 4.17. The molecule has 0 saturated carbocycles. The van der Waals surface area contributed by atoms with E-state index >= 15 is 0 Å². The number of carboxylic acids is 1. The van der Waals surface area contributed by atoms with Crippen LogP contribution in [-0.2, 0) is 9.59 Å². The second-order valence-electron chi connectivity index (χ2n) is 4.18. The van der Waals surface area contributed by atoms with E-state index in [4.69, 9.17) is 10.8 Å². The Morgan fingerprint density at radius 2 is 2.00 bits per heavy atom. The van der Waals surface area contributed by atoms with Gasteiger partial charge < -0.3 is 10.8 Å². The summed E-state index contributed by atoms with van der Waals surface area (Å²) in [4.78, 5) is 22.9. The van der Waals surface area contributed by atoms with Crippen molar-refractivity contribution in [3.63, 3.8) is 0 Å². The van der Waals surface area contributed by atoms with Crippen LogP contribution in [0.2, 0.25) is 0 Å². The van der Waals surface area contributed by atoms with E-state index in [1.54, 1.807) is 0 Å². The average molecular weight is 254 g/mol. The van der Waals surface area contributed by atoms with Crippen LogP contribution < -0.4 is 5.73 Å². The zero-order valence-electron chi connectivity index (χ0n) is 9.12. The summed E-state index contributed by atoms with van der Waals surface area (Å²) in [6.07, 6.45) is -5.41. The van der Waals surface area contributed by atoms with Crippen LogP contribution in [0.5, 0.6) is 0 Å². The van der Waals surface area contributed by atoms with Crippen LogP contribution in [-0.4, -0.2) is 47.2 Å². The van der Waals surface area contributed by atoms with E-state index in [0.717, 1.165) is 4.90 Å². The minimum absolute atomic E-state index is 0.115. The van der Waals surface area contributed by atoms with Gasteiger partial charge in [-0.25, -0.2) is 0 Å². The van der Waals surface area contributed by atoms with Crippen LogP contribution in [0.25, 0.3) is 0 Å². The number of hydrogen-bond donors (Lipinski definition) is 2. The van der Waals surface area contributed by atoms with Gasteiger partial charge in [0.15, 0.2) is 5.41 Å². The van der Waals surface area contributed by atoms with E-state index in [0.29, 0.717) is 0 Å². The smallest absolute Gasteiger partial charge is 0.406 e. The summed E-state index contributed by atoms with van der Waals surface area (Å²) in [6.45, 7) is 0.502. The number of likely N-dealkylation sites (tertiary alicyclic amines) is 1. The highest BCUT2D eigenvalue weighted by molar-refractivity contribution is 5.80. The number of halogens is 3. The number of nitrogens with two attached hydrogens (primary N) is 1. The van der Waals surface area contributed by atoms with Crippen molar-refractivity contribution in [3.8, 4) is 0 Å². The van der Waals surface area contributed by atoms with Gasteiger partial charge in [-0.15, -0.1) is 0 Å². The van der Waals surface area contributed by atoms with Gasteiger partial charge in [0.2, 0.25) is 5.91 Å². The summed E-state index contributed by atoms with van der Waals surface area (Å²) in [7, 11) is 0. The Hall–Kier alpha value is -1.31. The molecule has 0 bridgehead atoms. The first kappa shape index (κ1) is 13.8.